The first kappa shape index (κ1) is 16.5. The van der Waals surface area contributed by atoms with Gasteiger partial charge in [0.2, 0.25) is 11.8 Å². The molecule has 1 aliphatic heterocycles. The summed E-state index contributed by atoms with van der Waals surface area (Å²) in [6, 6.07) is 5.50. The number of anilines is 2. The van der Waals surface area contributed by atoms with Crippen LogP contribution in [0.15, 0.2) is 18.2 Å². The molecule has 0 spiro atoms. The van der Waals surface area contributed by atoms with Crippen LogP contribution in [0.5, 0.6) is 0 Å². The van der Waals surface area contributed by atoms with Gasteiger partial charge in [0.1, 0.15) is 0 Å². The third kappa shape index (κ3) is 4.54. The molecule has 22 heavy (non-hydrogen) atoms. The maximum absolute atomic E-state index is 12.1. The van der Waals surface area contributed by atoms with Crippen molar-refractivity contribution in [3.8, 4) is 0 Å². The van der Waals surface area contributed by atoms with Crippen LogP contribution < -0.4 is 10.6 Å². The van der Waals surface area contributed by atoms with E-state index in [1.54, 1.807) is 6.92 Å². The molecule has 1 fully saturated rings. The third-order valence-corrected chi connectivity index (χ3v) is 3.67. The molecule has 2 amide bonds. The van der Waals surface area contributed by atoms with Crippen LogP contribution in [-0.2, 0) is 14.3 Å². The molecule has 2 rings (SSSR count). The van der Waals surface area contributed by atoms with Gasteiger partial charge in [-0.2, -0.15) is 0 Å². The highest BCUT2D eigenvalue weighted by Crippen LogP contribution is 2.23. The Morgan fingerprint density at radius 3 is 2.32 bits per heavy atom. The number of carbonyl (C=O) groups excluding carboxylic acids is 2. The van der Waals surface area contributed by atoms with Crippen molar-refractivity contribution >= 4 is 23.2 Å². The predicted molar refractivity (Wildman–Crippen MR) is 86.0 cm³/mol. The molecule has 0 aromatic heterocycles. The summed E-state index contributed by atoms with van der Waals surface area (Å²) >= 11 is 0. The van der Waals surface area contributed by atoms with Crippen molar-refractivity contribution in [1.29, 1.82) is 0 Å². The van der Waals surface area contributed by atoms with Gasteiger partial charge in [-0.15, -0.1) is 0 Å². The number of carbonyl (C=O) groups is 2. The molecule has 1 aromatic carbocycles. The van der Waals surface area contributed by atoms with Gasteiger partial charge >= 0.3 is 0 Å². The molecule has 2 N–H and O–H groups in total. The smallest absolute Gasteiger partial charge is 0.238 e. The van der Waals surface area contributed by atoms with Gasteiger partial charge < -0.3 is 15.4 Å². The van der Waals surface area contributed by atoms with E-state index in [-0.39, 0.29) is 11.8 Å². The summed E-state index contributed by atoms with van der Waals surface area (Å²) in [7, 11) is 0. The fourth-order valence-corrected chi connectivity index (χ4v) is 2.30. The molecule has 1 aliphatic rings. The lowest BCUT2D eigenvalue weighted by atomic mass is 10.1. The Morgan fingerprint density at radius 2 is 1.73 bits per heavy atom. The number of morpholine rings is 1. The summed E-state index contributed by atoms with van der Waals surface area (Å²) in [5.74, 6) is -0.0936. The summed E-state index contributed by atoms with van der Waals surface area (Å²) in [5, 5.41) is 5.75. The summed E-state index contributed by atoms with van der Waals surface area (Å²) in [6.07, 6.45) is 0.424. The van der Waals surface area contributed by atoms with Gasteiger partial charge in [-0.05, 0) is 24.6 Å². The van der Waals surface area contributed by atoms with E-state index in [9.17, 15) is 9.59 Å². The van der Waals surface area contributed by atoms with Crippen molar-refractivity contribution < 1.29 is 14.3 Å². The molecular weight excluding hydrogens is 282 g/mol. The van der Waals surface area contributed by atoms with E-state index in [4.69, 9.17) is 4.74 Å². The van der Waals surface area contributed by atoms with E-state index in [1.165, 1.54) is 0 Å². The zero-order valence-corrected chi connectivity index (χ0v) is 13.1. The van der Waals surface area contributed by atoms with E-state index < -0.39 is 0 Å². The van der Waals surface area contributed by atoms with Crippen LogP contribution in [-0.4, -0.2) is 49.6 Å². The summed E-state index contributed by atoms with van der Waals surface area (Å²) in [4.78, 5) is 25.7. The van der Waals surface area contributed by atoms with Gasteiger partial charge in [0.15, 0.2) is 0 Å². The van der Waals surface area contributed by atoms with Gasteiger partial charge in [0.05, 0.1) is 19.8 Å². The monoisotopic (exact) mass is 305 g/mol. The lowest BCUT2D eigenvalue weighted by molar-refractivity contribution is -0.118. The molecular formula is C16H23N3O3. The molecule has 120 valence electrons. The number of hydrogen-bond donors (Lipinski definition) is 2. The average Bonchev–Trinajstić information content (AvgIpc) is 2.52. The Labute approximate surface area is 130 Å². The number of hydrogen-bond acceptors (Lipinski definition) is 4. The molecule has 0 atom stereocenters. The summed E-state index contributed by atoms with van der Waals surface area (Å²) in [6.45, 7) is 6.94. The van der Waals surface area contributed by atoms with E-state index >= 15 is 0 Å². The first-order valence-corrected chi connectivity index (χ1v) is 7.59. The number of nitrogens with zero attached hydrogens (tertiary/aromatic N) is 1. The Morgan fingerprint density at radius 1 is 1.14 bits per heavy atom. The minimum Gasteiger partial charge on any atom is -0.379 e. The standard InChI is InChI=1S/C16H23N3O3/c1-3-15(20)17-13-5-4-6-14(12(13)2)18-16(21)11-19-7-9-22-10-8-19/h4-6H,3,7-11H2,1-2H3,(H,17,20)(H,18,21). The van der Waals surface area contributed by atoms with Crippen LogP contribution in [0.4, 0.5) is 11.4 Å². The summed E-state index contributed by atoms with van der Waals surface area (Å²) in [5.41, 5.74) is 2.32. The van der Waals surface area contributed by atoms with Crippen molar-refractivity contribution in [3.05, 3.63) is 23.8 Å². The number of rotatable bonds is 5. The molecule has 6 nitrogen and oxygen atoms in total. The Balaban J connectivity index is 1.98. The van der Waals surface area contributed by atoms with Gasteiger partial charge in [-0.1, -0.05) is 13.0 Å². The topological polar surface area (TPSA) is 70.7 Å². The molecule has 1 heterocycles. The van der Waals surface area contributed by atoms with Gasteiger partial charge in [0, 0.05) is 30.9 Å². The minimum atomic E-state index is -0.0519. The molecule has 6 heteroatoms. The van der Waals surface area contributed by atoms with E-state index in [1.807, 2.05) is 25.1 Å². The first-order chi connectivity index (χ1) is 10.6. The molecule has 0 radical (unpaired) electrons. The van der Waals surface area contributed by atoms with Crippen molar-refractivity contribution in [2.24, 2.45) is 0 Å². The maximum Gasteiger partial charge on any atom is 0.238 e. The predicted octanol–water partition coefficient (Wildman–Crippen LogP) is 1.61. The van der Waals surface area contributed by atoms with Crippen LogP contribution >= 0.6 is 0 Å². The second kappa shape index (κ2) is 7.91. The minimum absolute atomic E-state index is 0.0418. The largest absolute Gasteiger partial charge is 0.379 e. The molecule has 0 unspecified atom stereocenters. The van der Waals surface area contributed by atoms with Gasteiger partial charge in [-0.3, -0.25) is 14.5 Å². The molecule has 0 saturated carbocycles. The molecule has 0 bridgehead atoms. The van der Waals surface area contributed by atoms with E-state index in [0.717, 1.165) is 30.0 Å². The van der Waals surface area contributed by atoms with Crippen molar-refractivity contribution in [2.75, 3.05) is 43.5 Å². The van der Waals surface area contributed by atoms with Crippen molar-refractivity contribution in [1.82, 2.24) is 4.90 Å². The van der Waals surface area contributed by atoms with Crippen LogP contribution in [0.3, 0.4) is 0 Å². The molecule has 1 aromatic rings. The first-order valence-electron chi connectivity index (χ1n) is 7.59. The highest BCUT2D eigenvalue weighted by molar-refractivity contribution is 5.96. The van der Waals surface area contributed by atoms with Crippen molar-refractivity contribution in [2.45, 2.75) is 20.3 Å². The van der Waals surface area contributed by atoms with Crippen LogP contribution in [0.25, 0.3) is 0 Å². The SMILES string of the molecule is CCC(=O)Nc1cccc(NC(=O)CN2CCOCC2)c1C. The van der Waals surface area contributed by atoms with Crippen LogP contribution in [0.1, 0.15) is 18.9 Å². The zero-order chi connectivity index (χ0) is 15.9. The third-order valence-electron chi connectivity index (χ3n) is 3.67. The van der Waals surface area contributed by atoms with Gasteiger partial charge in [-0.25, -0.2) is 0 Å². The quantitative estimate of drug-likeness (QED) is 0.867. The highest BCUT2D eigenvalue weighted by atomic mass is 16.5. The lowest BCUT2D eigenvalue weighted by Gasteiger charge is -2.26. The fourth-order valence-electron chi connectivity index (χ4n) is 2.30. The summed E-state index contributed by atoms with van der Waals surface area (Å²) < 4.78 is 5.27. The lowest BCUT2D eigenvalue weighted by Crippen LogP contribution is -2.41. The molecule has 0 aliphatic carbocycles. The van der Waals surface area contributed by atoms with Crippen molar-refractivity contribution in [3.63, 3.8) is 0 Å². The Bertz CT molecular complexity index is 539. The van der Waals surface area contributed by atoms with Crippen LogP contribution in [0.2, 0.25) is 0 Å². The number of ether oxygens (including phenoxy) is 1. The van der Waals surface area contributed by atoms with E-state index in [0.29, 0.717) is 26.2 Å². The Kier molecular flexibility index (Phi) is 5.91. The normalized spacial score (nSPS) is 15.4. The van der Waals surface area contributed by atoms with E-state index in [2.05, 4.69) is 15.5 Å². The number of nitrogens with one attached hydrogen (secondary N) is 2. The highest BCUT2D eigenvalue weighted by Gasteiger charge is 2.15. The maximum atomic E-state index is 12.1. The van der Waals surface area contributed by atoms with Gasteiger partial charge in [0.25, 0.3) is 0 Å². The average molecular weight is 305 g/mol. The Hall–Kier alpha value is -1.92. The number of amides is 2. The second-order valence-electron chi connectivity index (χ2n) is 5.32. The second-order valence-corrected chi connectivity index (χ2v) is 5.32. The fraction of sp³-hybridized carbons (Fsp3) is 0.500. The molecule has 1 saturated heterocycles. The zero-order valence-electron chi connectivity index (χ0n) is 13.1. The van der Waals surface area contributed by atoms with Crippen LogP contribution in [0, 0.1) is 6.92 Å². The number of benzene rings is 1.